The van der Waals surface area contributed by atoms with Gasteiger partial charge in [0.05, 0.1) is 20.8 Å². The molecule has 2 rings (SSSR count). The summed E-state index contributed by atoms with van der Waals surface area (Å²) in [5.41, 5.74) is 0. The lowest BCUT2D eigenvalue weighted by atomic mass is 10.6. The second kappa shape index (κ2) is 6.11. The van der Waals surface area contributed by atoms with Crippen molar-refractivity contribution in [2.45, 2.75) is 10.8 Å². The van der Waals surface area contributed by atoms with Gasteiger partial charge >= 0.3 is 12.0 Å². The summed E-state index contributed by atoms with van der Waals surface area (Å²) >= 11 is 1.13. The molecule has 0 amide bonds. The highest BCUT2D eigenvalue weighted by Gasteiger charge is 2.16. The zero-order valence-electron chi connectivity index (χ0n) is 10.7. The lowest BCUT2D eigenvalue weighted by molar-refractivity contribution is 0.336. The summed E-state index contributed by atoms with van der Waals surface area (Å²) in [6.07, 6.45) is 0. The van der Waals surface area contributed by atoms with E-state index in [1.54, 1.807) is 11.4 Å². The number of aromatic nitrogens is 3. The summed E-state index contributed by atoms with van der Waals surface area (Å²) in [4.78, 5) is 11.7. The Morgan fingerprint density at radius 3 is 2.35 bits per heavy atom. The highest BCUT2D eigenvalue weighted by Crippen LogP contribution is 2.16. The number of nitrogens with zero attached hydrogens (tertiary/aromatic N) is 3. The van der Waals surface area contributed by atoms with Gasteiger partial charge in [-0.2, -0.15) is 9.97 Å². The number of sulfonamides is 1. The third-order valence-corrected chi connectivity index (χ3v) is 4.98. The van der Waals surface area contributed by atoms with Gasteiger partial charge in [0.1, 0.15) is 4.21 Å². The van der Waals surface area contributed by atoms with E-state index in [-0.39, 0.29) is 28.6 Å². The van der Waals surface area contributed by atoms with Crippen LogP contribution >= 0.6 is 11.3 Å². The molecule has 2 heterocycles. The summed E-state index contributed by atoms with van der Waals surface area (Å²) in [5, 5.41) is 1.68. The Labute approximate surface area is 119 Å². The van der Waals surface area contributed by atoms with Crippen molar-refractivity contribution in [1.82, 2.24) is 19.7 Å². The van der Waals surface area contributed by atoms with Crippen molar-refractivity contribution >= 4 is 21.4 Å². The molecule has 0 atom stereocenters. The average Bonchev–Trinajstić information content (AvgIpc) is 3.00. The predicted molar refractivity (Wildman–Crippen MR) is 71.3 cm³/mol. The highest BCUT2D eigenvalue weighted by atomic mass is 32.2. The van der Waals surface area contributed by atoms with E-state index in [9.17, 15) is 8.42 Å². The topological polar surface area (TPSA) is 103 Å². The van der Waals surface area contributed by atoms with Crippen LogP contribution in [-0.2, 0) is 16.6 Å². The van der Waals surface area contributed by atoms with E-state index in [1.807, 2.05) is 0 Å². The fourth-order valence-electron chi connectivity index (χ4n) is 1.29. The van der Waals surface area contributed by atoms with E-state index < -0.39 is 10.0 Å². The number of thiophene rings is 1. The van der Waals surface area contributed by atoms with Gasteiger partial charge in [-0.1, -0.05) is 6.07 Å². The molecule has 20 heavy (non-hydrogen) atoms. The van der Waals surface area contributed by atoms with Gasteiger partial charge in [0.25, 0.3) is 0 Å². The van der Waals surface area contributed by atoms with Crippen LogP contribution in [0.4, 0.5) is 0 Å². The maximum atomic E-state index is 11.9. The molecule has 0 radical (unpaired) electrons. The van der Waals surface area contributed by atoms with Crippen molar-refractivity contribution in [3.8, 4) is 12.0 Å². The number of hydrogen-bond acceptors (Lipinski definition) is 8. The standard InChI is InChI=1S/C10H12N4O4S2/c1-17-9-12-7(13-10(14-9)18-2)6-11-20(15,16)8-4-3-5-19-8/h3-5,11H,6H2,1-2H3. The first kappa shape index (κ1) is 14.6. The highest BCUT2D eigenvalue weighted by molar-refractivity contribution is 7.91. The first-order valence-corrected chi connectivity index (χ1v) is 7.77. The Hall–Kier alpha value is -1.78. The lowest BCUT2D eigenvalue weighted by Crippen LogP contribution is -2.23. The van der Waals surface area contributed by atoms with E-state index in [0.29, 0.717) is 0 Å². The van der Waals surface area contributed by atoms with Gasteiger partial charge < -0.3 is 9.47 Å². The second-order valence-corrected chi connectivity index (χ2v) is 6.42. The molecule has 0 aliphatic heterocycles. The molecule has 0 aliphatic carbocycles. The Balaban J connectivity index is 2.15. The van der Waals surface area contributed by atoms with Crippen molar-refractivity contribution in [2.75, 3.05) is 14.2 Å². The van der Waals surface area contributed by atoms with Crippen molar-refractivity contribution in [2.24, 2.45) is 0 Å². The number of nitrogens with one attached hydrogen (secondary N) is 1. The quantitative estimate of drug-likeness (QED) is 0.824. The third-order valence-electron chi connectivity index (χ3n) is 2.19. The largest absolute Gasteiger partial charge is 0.467 e. The van der Waals surface area contributed by atoms with Gasteiger partial charge in [0.2, 0.25) is 10.0 Å². The summed E-state index contributed by atoms with van der Waals surface area (Å²) < 4.78 is 36.3. The predicted octanol–water partition coefficient (Wildman–Crippen LogP) is 0.429. The van der Waals surface area contributed by atoms with Gasteiger partial charge in [-0.05, 0) is 11.4 Å². The van der Waals surface area contributed by atoms with E-state index in [2.05, 4.69) is 19.7 Å². The molecule has 0 saturated heterocycles. The van der Waals surface area contributed by atoms with E-state index in [1.165, 1.54) is 20.3 Å². The SMILES string of the molecule is COc1nc(CNS(=O)(=O)c2cccs2)nc(OC)n1. The van der Waals surface area contributed by atoms with Gasteiger partial charge in [0.15, 0.2) is 5.82 Å². The van der Waals surface area contributed by atoms with Crippen LogP contribution in [0.3, 0.4) is 0 Å². The van der Waals surface area contributed by atoms with Crippen molar-refractivity contribution in [3.63, 3.8) is 0 Å². The lowest BCUT2D eigenvalue weighted by Gasteiger charge is -2.06. The molecule has 0 aliphatic rings. The molecule has 0 saturated carbocycles. The maximum absolute atomic E-state index is 11.9. The Bertz CT molecular complexity index is 650. The third kappa shape index (κ3) is 3.40. The smallest absolute Gasteiger partial charge is 0.322 e. The van der Waals surface area contributed by atoms with Crippen molar-refractivity contribution < 1.29 is 17.9 Å². The number of methoxy groups -OCH3 is 2. The number of rotatable bonds is 6. The minimum Gasteiger partial charge on any atom is -0.467 e. The van der Waals surface area contributed by atoms with E-state index in [4.69, 9.17) is 9.47 Å². The Morgan fingerprint density at radius 2 is 1.85 bits per heavy atom. The molecule has 0 unspecified atom stereocenters. The molecule has 1 N–H and O–H groups in total. The summed E-state index contributed by atoms with van der Waals surface area (Å²) in [6.45, 7) is -0.0878. The fraction of sp³-hybridized carbons (Fsp3) is 0.300. The zero-order chi connectivity index (χ0) is 14.6. The first-order valence-electron chi connectivity index (χ1n) is 5.41. The van der Waals surface area contributed by atoms with Gasteiger partial charge in [0, 0.05) is 0 Å². The molecular weight excluding hydrogens is 304 g/mol. The van der Waals surface area contributed by atoms with Gasteiger partial charge in [-0.25, -0.2) is 13.1 Å². The molecule has 108 valence electrons. The summed E-state index contributed by atoms with van der Waals surface area (Å²) in [5.74, 6) is 0.203. The number of hydrogen-bond donors (Lipinski definition) is 1. The first-order chi connectivity index (χ1) is 9.55. The molecule has 0 fully saturated rings. The van der Waals surface area contributed by atoms with E-state index in [0.717, 1.165) is 11.3 Å². The van der Waals surface area contributed by atoms with Gasteiger partial charge in [-0.15, -0.1) is 16.3 Å². The molecule has 0 spiro atoms. The van der Waals surface area contributed by atoms with Crippen LogP contribution in [0.1, 0.15) is 5.82 Å². The van der Waals surface area contributed by atoms with Crippen LogP contribution in [0.5, 0.6) is 12.0 Å². The number of ether oxygens (including phenoxy) is 2. The van der Waals surface area contributed by atoms with Crippen LogP contribution < -0.4 is 14.2 Å². The molecule has 0 bridgehead atoms. The zero-order valence-corrected chi connectivity index (χ0v) is 12.4. The van der Waals surface area contributed by atoms with Crippen LogP contribution in [0.15, 0.2) is 21.7 Å². The van der Waals surface area contributed by atoms with Crippen LogP contribution in [0, 0.1) is 0 Å². The Morgan fingerprint density at radius 1 is 1.20 bits per heavy atom. The monoisotopic (exact) mass is 316 g/mol. The average molecular weight is 316 g/mol. The maximum Gasteiger partial charge on any atom is 0.322 e. The Kier molecular flexibility index (Phi) is 4.47. The minimum atomic E-state index is -3.57. The molecule has 10 heteroatoms. The van der Waals surface area contributed by atoms with Crippen LogP contribution in [0.2, 0.25) is 0 Å². The van der Waals surface area contributed by atoms with Crippen LogP contribution in [0.25, 0.3) is 0 Å². The molecule has 2 aromatic heterocycles. The fourth-order valence-corrected chi connectivity index (χ4v) is 3.30. The van der Waals surface area contributed by atoms with Crippen LogP contribution in [-0.4, -0.2) is 37.6 Å². The molecule has 0 aromatic carbocycles. The normalized spacial score (nSPS) is 11.3. The molecular formula is C10H12N4O4S2. The minimum absolute atomic E-state index is 0.0576. The summed E-state index contributed by atoms with van der Waals surface area (Å²) in [7, 11) is -0.773. The van der Waals surface area contributed by atoms with E-state index >= 15 is 0 Å². The molecule has 8 nitrogen and oxygen atoms in total. The second-order valence-electron chi connectivity index (χ2n) is 3.48. The van der Waals surface area contributed by atoms with Crippen molar-refractivity contribution in [3.05, 3.63) is 23.3 Å². The van der Waals surface area contributed by atoms with Crippen molar-refractivity contribution in [1.29, 1.82) is 0 Å². The van der Waals surface area contributed by atoms with Gasteiger partial charge in [-0.3, -0.25) is 0 Å². The summed E-state index contributed by atoms with van der Waals surface area (Å²) in [6, 6.07) is 3.29. The molecule has 2 aromatic rings.